The number of halogens is 2. The average molecular weight is 843 g/mol. The summed E-state index contributed by atoms with van der Waals surface area (Å²) in [6.45, 7) is 6.28. The summed E-state index contributed by atoms with van der Waals surface area (Å²) in [6.07, 6.45) is -0.878. The minimum Gasteiger partial charge on any atom is -0.369 e. The van der Waals surface area contributed by atoms with Gasteiger partial charge in [0.25, 0.3) is 0 Å². The van der Waals surface area contributed by atoms with Gasteiger partial charge in [-0.05, 0) is 72.3 Å². The van der Waals surface area contributed by atoms with Gasteiger partial charge in [-0.25, -0.2) is 0 Å². The molecule has 0 aliphatic rings. The lowest BCUT2D eigenvalue weighted by atomic mass is 10.1. The molecule has 0 aromatic heterocycles. The van der Waals surface area contributed by atoms with Crippen molar-refractivity contribution in [1.29, 1.82) is 0 Å². The molecule has 0 spiro atoms. The number of hydrogen-bond acceptors (Lipinski definition) is 7. The third-order valence-electron chi connectivity index (χ3n) is 5.84. The van der Waals surface area contributed by atoms with E-state index in [0.29, 0.717) is 26.4 Å². The van der Waals surface area contributed by atoms with Gasteiger partial charge in [0.2, 0.25) is 0 Å². The van der Waals surface area contributed by atoms with E-state index >= 15 is 0 Å². The molecule has 3 aromatic rings. The summed E-state index contributed by atoms with van der Waals surface area (Å²) >= 11 is 10.2. The molecule has 0 fully saturated rings. The Labute approximate surface area is 279 Å². The number of rotatable bonds is 20. The Morgan fingerprint density at radius 1 is 0.625 bits per heavy atom. The Morgan fingerprint density at radius 2 is 1.05 bits per heavy atom. The van der Waals surface area contributed by atoms with Gasteiger partial charge < -0.3 is 18.4 Å². The molecule has 218 valence electrons. The fourth-order valence-corrected chi connectivity index (χ4v) is 9.44. The first-order chi connectivity index (χ1) is 19.6. The average Bonchev–Trinajstić information content (AvgIpc) is 2.98. The van der Waals surface area contributed by atoms with Crippen molar-refractivity contribution < 1.29 is 18.4 Å². The molecule has 0 saturated carbocycles. The molecule has 40 heavy (non-hydrogen) atoms. The summed E-state index contributed by atoms with van der Waals surface area (Å²) in [5.41, 5.74) is 3.39. The van der Waals surface area contributed by atoms with Gasteiger partial charge in [-0.15, -0.1) is 23.5 Å². The maximum atomic E-state index is 6.80. The van der Waals surface area contributed by atoms with Crippen LogP contribution in [0.2, 0.25) is 0 Å². The van der Waals surface area contributed by atoms with E-state index in [1.54, 1.807) is 0 Å². The summed E-state index contributed by atoms with van der Waals surface area (Å²) in [5.74, 6) is 1.98. The van der Waals surface area contributed by atoms with Crippen LogP contribution in [0, 0.1) is 0 Å². The molecule has 0 bridgehead atoms. The highest BCUT2D eigenvalue weighted by Crippen LogP contribution is 2.65. The Balaban J connectivity index is 1.93. The molecule has 0 unspecified atom stereocenters. The zero-order chi connectivity index (χ0) is 28.4. The Kier molecular flexibility index (Phi) is 18.5. The zero-order valence-electron chi connectivity index (χ0n) is 22.8. The monoisotopic (exact) mass is 842 g/mol. The minimum atomic E-state index is -0.342. The van der Waals surface area contributed by atoms with Crippen LogP contribution in [-0.2, 0) is 38.2 Å². The lowest BCUT2D eigenvalue weighted by Gasteiger charge is -2.37. The third-order valence-corrected chi connectivity index (χ3v) is 12.4. The van der Waals surface area contributed by atoms with Gasteiger partial charge in [0.1, 0.15) is 20.7 Å². The highest BCUT2D eigenvalue weighted by Gasteiger charge is 2.38. The second kappa shape index (κ2) is 21.2. The molecule has 0 aliphatic carbocycles. The summed E-state index contributed by atoms with van der Waals surface area (Å²) in [5, 5.41) is 0. The van der Waals surface area contributed by atoms with E-state index in [0.717, 1.165) is 28.2 Å². The van der Waals surface area contributed by atoms with Crippen LogP contribution >= 0.6 is 81.7 Å². The van der Waals surface area contributed by atoms with Crippen molar-refractivity contribution in [3.05, 3.63) is 108 Å². The van der Waals surface area contributed by atoms with Crippen LogP contribution in [0.3, 0.4) is 0 Å². The molecule has 0 radical (unpaired) electrons. The predicted molar refractivity (Wildman–Crippen MR) is 194 cm³/mol. The van der Waals surface area contributed by atoms with E-state index in [2.05, 4.69) is 106 Å². The first-order valence-corrected chi connectivity index (χ1v) is 23.6. The van der Waals surface area contributed by atoms with Crippen molar-refractivity contribution >= 4 is 81.7 Å². The van der Waals surface area contributed by atoms with Gasteiger partial charge in [-0.1, -0.05) is 105 Å². The molecule has 0 aliphatic heterocycles. The summed E-state index contributed by atoms with van der Waals surface area (Å²) in [4.78, 5) is 0. The topological polar surface area (TPSA) is 36.9 Å². The van der Waals surface area contributed by atoms with E-state index in [-0.39, 0.29) is 25.3 Å². The Bertz CT molecular complexity index is 1030. The SMILES string of the molecule is CCSC(SCC)[C@@H](OCc1ccccc1)[C@H](OCc1ccccc1)[C@@H](COSP(I)I)OCc1ccccc1. The van der Waals surface area contributed by atoms with Crippen molar-refractivity contribution in [3.63, 3.8) is 0 Å². The maximum absolute atomic E-state index is 6.80. The number of benzene rings is 3. The van der Waals surface area contributed by atoms with Crippen molar-refractivity contribution in [2.24, 2.45) is 0 Å². The predicted octanol–water partition coefficient (Wildman–Crippen LogP) is 10.3. The Hall–Kier alpha value is 0.440. The van der Waals surface area contributed by atoms with Crippen molar-refractivity contribution in [2.75, 3.05) is 18.1 Å². The van der Waals surface area contributed by atoms with Gasteiger partial charge in [-0.2, -0.15) is 0 Å². The molecular weight excluding hydrogens is 805 g/mol. The smallest absolute Gasteiger partial charge is 0.114 e. The fourth-order valence-electron chi connectivity index (χ4n) is 3.99. The molecule has 0 saturated heterocycles. The molecule has 0 amide bonds. The summed E-state index contributed by atoms with van der Waals surface area (Å²) in [6, 6.07) is 31.0. The first kappa shape index (κ1) is 34.9. The van der Waals surface area contributed by atoms with E-state index in [9.17, 15) is 0 Å². The lowest BCUT2D eigenvalue weighted by Crippen LogP contribution is -2.48. The molecule has 0 heterocycles. The third kappa shape index (κ3) is 13.4. The molecule has 10 heteroatoms. The first-order valence-electron chi connectivity index (χ1n) is 13.2. The van der Waals surface area contributed by atoms with Crippen molar-refractivity contribution in [3.8, 4) is 0 Å². The lowest BCUT2D eigenvalue weighted by molar-refractivity contribution is -0.154. The largest absolute Gasteiger partial charge is 0.369 e. The molecule has 3 rings (SSSR count). The molecule has 0 N–H and O–H groups in total. The number of ether oxygens (including phenoxy) is 3. The van der Waals surface area contributed by atoms with Crippen LogP contribution in [-0.4, -0.2) is 41.0 Å². The molecule has 3 atom stereocenters. The number of thioether (sulfide) groups is 2. The second-order valence-electron chi connectivity index (χ2n) is 8.70. The quantitative estimate of drug-likeness (QED) is 0.0485. The standard InChI is InChI=1S/C30H37I2O4PS3/c1-3-38-30(39-4-2)29(35-22-26-18-12-7-13-19-26)28(34-21-25-16-10-6-11-17-25)27(23-36-40-37(31)32)33-20-24-14-8-5-9-15-24/h5-19,27-30H,3-4,20-23H2,1-2H3/t27-,28-,29+/m1/s1. The van der Waals surface area contributed by atoms with E-state index in [1.807, 2.05) is 66.0 Å². The van der Waals surface area contributed by atoms with Gasteiger partial charge in [0, 0.05) is 11.7 Å². The fraction of sp³-hybridized carbons (Fsp3) is 0.400. The second-order valence-corrected chi connectivity index (χ2v) is 29.4. The highest BCUT2D eigenvalue weighted by atomic mass is 127. The number of hydrogen-bond donors (Lipinski definition) is 0. The van der Waals surface area contributed by atoms with Crippen LogP contribution in [0.15, 0.2) is 91.0 Å². The van der Waals surface area contributed by atoms with Crippen LogP contribution < -0.4 is 0 Å². The molecule has 3 aromatic carbocycles. The zero-order valence-corrected chi connectivity index (χ0v) is 30.4. The van der Waals surface area contributed by atoms with Gasteiger partial charge >= 0.3 is 0 Å². The molecule has 4 nitrogen and oxygen atoms in total. The normalized spacial score (nSPS) is 13.9. The van der Waals surface area contributed by atoms with Crippen LogP contribution in [0.1, 0.15) is 30.5 Å². The van der Waals surface area contributed by atoms with Crippen LogP contribution in [0.25, 0.3) is 0 Å². The highest BCUT2D eigenvalue weighted by molar-refractivity contribution is 14.3. The van der Waals surface area contributed by atoms with E-state index in [4.69, 9.17) is 18.4 Å². The van der Waals surface area contributed by atoms with Crippen molar-refractivity contribution in [2.45, 2.75) is 56.6 Å². The maximum Gasteiger partial charge on any atom is 0.114 e. The van der Waals surface area contributed by atoms with Crippen molar-refractivity contribution in [1.82, 2.24) is 0 Å². The van der Waals surface area contributed by atoms with Gasteiger partial charge in [-0.3, -0.25) is 0 Å². The van der Waals surface area contributed by atoms with Crippen LogP contribution in [0.4, 0.5) is 0 Å². The van der Waals surface area contributed by atoms with Crippen LogP contribution in [0.5, 0.6) is 0 Å². The van der Waals surface area contributed by atoms with Gasteiger partial charge in [0.05, 0.1) is 31.0 Å². The minimum absolute atomic E-state index is 0.182. The van der Waals surface area contributed by atoms with Gasteiger partial charge in [0.15, 0.2) is 0 Å². The van der Waals surface area contributed by atoms with E-state index in [1.165, 1.54) is 11.7 Å². The summed E-state index contributed by atoms with van der Waals surface area (Å²) < 4.78 is 26.2. The Morgan fingerprint density at radius 3 is 1.48 bits per heavy atom. The van der Waals surface area contributed by atoms with E-state index < -0.39 is 0 Å². The molecular formula is C30H37I2O4PS3. The summed E-state index contributed by atoms with van der Waals surface area (Å²) in [7, 11) is 0.